The van der Waals surface area contributed by atoms with Gasteiger partial charge in [0.1, 0.15) is 11.2 Å². The van der Waals surface area contributed by atoms with E-state index in [2.05, 4.69) is 15.6 Å². The molecule has 1 atom stereocenters. The molecule has 0 unspecified atom stereocenters. The van der Waals surface area contributed by atoms with Crippen LogP contribution in [-0.4, -0.2) is 40.1 Å². The predicted molar refractivity (Wildman–Crippen MR) is 87.9 cm³/mol. The summed E-state index contributed by atoms with van der Waals surface area (Å²) >= 11 is 0. The molecule has 1 aliphatic carbocycles. The Morgan fingerprint density at radius 3 is 2.52 bits per heavy atom. The van der Waals surface area contributed by atoms with E-state index in [0.717, 1.165) is 19.3 Å². The molecule has 1 aromatic heterocycles. The summed E-state index contributed by atoms with van der Waals surface area (Å²) in [6.45, 7) is 3.79. The number of aromatic nitrogens is 1. The summed E-state index contributed by atoms with van der Waals surface area (Å²) in [5.41, 5.74) is -0.437. The molecule has 0 bridgehead atoms. The highest BCUT2D eigenvalue weighted by Crippen LogP contribution is 2.29. The lowest BCUT2D eigenvalue weighted by Gasteiger charge is -2.38. The molecule has 1 saturated carbocycles. The third-order valence-electron chi connectivity index (χ3n) is 4.66. The topological polar surface area (TPSA) is 94.2 Å². The highest BCUT2D eigenvalue weighted by Gasteiger charge is 2.42. The average Bonchev–Trinajstić information content (AvgIpc) is 3.07. The van der Waals surface area contributed by atoms with Crippen LogP contribution < -0.4 is 10.6 Å². The molecule has 0 aromatic carbocycles. The van der Waals surface area contributed by atoms with Gasteiger partial charge in [-0.2, -0.15) is 0 Å². The van der Waals surface area contributed by atoms with Crippen LogP contribution >= 0.6 is 0 Å². The molecule has 0 radical (unpaired) electrons. The van der Waals surface area contributed by atoms with E-state index in [-0.39, 0.29) is 30.4 Å². The van der Waals surface area contributed by atoms with Crippen molar-refractivity contribution >= 4 is 11.8 Å². The van der Waals surface area contributed by atoms with Gasteiger partial charge in [-0.15, -0.1) is 0 Å². The van der Waals surface area contributed by atoms with Crippen molar-refractivity contribution in [3.8, 4) is 0 Å². The number of hydrogen-bond donors (Lipinski definition) is 4. The molecule has 1 aliphatic rings. The van der Waals surface area contributed by atoms with Crippen molar-refractivity contribution in [1.29, 1.82) is 0 Å². The van der Waals surface area contributed by atoms with Gasteiger partial charge in [0, 0.05) is 6.20 Å². The lowest BCUT2D eigenvalue weighted by molar-refractivity contribution is -0.130. The predicted octanol–water partition coefficient (Wildman–Crippen LogP) is 1.58. The Labute approximate surface area is 137 Å². The minimum absolute atomic E-state index is 0.107. The Bertz CT molecular complexity index is 519. The minimum atomic E-state index is -0.886. The Balaban J connectivity index is 2.14. The van der Waals surface area contributed by atoms with E-state index in [1.807, 2.05) is 13.8 Å². The molecule has 4 N–H and O–H groups in total. The first-order valence-electron chi connectivity index (χ1n) is 8.36. The summed E-state index contributed by atoms with van der Waals surface area (Å²) in [4.78, 5) is 28.1. The number of carbonyl (C=O) groups excluding carboxylic acids is 2. The van der Waals surface area contributed by atoms with Crippen molar-refractivity contribution in [2.24, 2.45) is 5.92 Å². The van der Waals surface area contributed by atoms with Gasteiger partial charge in [0.25, 0.3) is 5.91 Å². The number of nitrogens with one attached hydrogen (secondary N) is 3. The molecule has 2 amide bonds. The summed E-state index contributed by atoms with van der Waals surface area (Å²) in [5, 5.41) is 15.3. The number of aliphatic hydroxyl groups is 1. The van der Waals surface area contributed by atoms with Gasteiger partial charge in [0.2, 0.25) is 5.91 Å². The SMILES string of the molecule is CC(C)[C@@H](CO)NC(=O)C1(NC(=O)c2ccc[nH]2)CCCCC1. The number of aromatic amines is 1. The number of H-pyrrole nitrogens is 1. The van der Waals surface area contributed by atoms with Crippen LogP contribution in [0.1, 0.15) is 56.4 Å². The summed E-state index contributed by atoms with van der Waals surface area (Å²) in [5.74, 6) is -0.328. The van der Waals surface area contributed by atoms with Crippen LogP contribution in [0, 0.1) is 5.92 Å². The van der Waals surface area contributed by atoms with Crippen molar-refractivity contribution < 1.29 is 14.7 Å². The van der Waals surface area contributed by atoms with Crippen LogP contribution in [0.25, 0.3) is 0 Å². The maximum atomic E-state index is 12.9. The average molecular weight is 321 g/mol. The standard InChI is InChI=1S/C17H27N3O3/c1-12(2)14(11-21)19-16(23)17(8-4-3-5-9-17)20-15(22)13-7-6-10-18-13/h6-7,10,12,14,18,21H,3-5,8-9,11H2,1-2H3,(H,19,23)(H,20,22)/t14-/m1/s1. The van der Waals surface area contributed by atoms with Gasteiger partial charge < -0.3 is 20.7 Å². The summed E-state index contributed by atoms with van der Waals surface area (Å²) in [7, 11) is 0. The van der Waals surface area contributed by atoms with Crippen molar-refractivity contribution in [2.75, 3.05) is 6.61 Å². The zero-order valence-electron chi connectivity index (χ0n) is 13.9. The number of hydrogen-bond acceptors (Lipinski definition) is 3. The van der Waals surface area contributed by atoms with Gasteiger partial charge in [-0.3, -0.25) is 9.59 Å². The van der Waals surface area contributed by atoms with Crippen molar-refractivity contribution in [3.05, 3.63) is 24.0 Å². The molecule has 0 aliphatic heterocycles. The minimum Gasteiger partial charge on any atom is -0.394 e. The van der Waals surface area contributed by atoms with E-state index in [1.165, 1.54) is 0 Å². The number of amides is 2. The maximum Gasteiger partial charge on any atom is 0.268 e. The quantitative estimate of drug-likeness (QED) is 0.641. The van der Waals surface area contributed by atoms with E-state index in [1.54, 1.807) is 18.3 Å². The highest BCUT2D eigenvalue weighted by molar-refractivity contribution is 5.98. The zero-order valence-corrected chi connectivity index (χ0v) is 13.9. The van der Waals surface area contributed by atoms with Crippen molar-refractivity contribution in [3.63, 3.8) is 0 Å². The van der Waals surface area contributed by atoms with Crippen LogP contribution in [0.5, 0.6) is 0 Å². The molecule has 1 heterocycles. The van der Waals surface area contributed by atoms with Gasteiger partial charge in [0.05, 0.1) is 12.6 Å². The molecule has 6 heteroatoms. The van der Waals surface area contributed by atoms with Crippen LogP contribution in [0.15, 0.2) is 18.3 Å². The first kappa shape index (κ1) is 17.5. The molecular weight excluding hydrogens is 294 g/mol. The summed E-state index contributed by atoms with van der Waals surface area (Å²) in [6.07, 6.45) is 5.82. The van der Waals surface area contributed by atoms with Crippen molar-refractivity contribution in [2.45, 2.75) is 57.5 Å². The lowest BCUT2D eigenvalue weighted by atomic mass is 9.80. The molecule has 6 nitrogen and oxygen atoms in total. The smallest absolute Gasteiger partial charge is 0.268 e. The Morgan fingerprint density at radius 1 is 1.30 bits per heavy atom. The van der Waals surface area contributed by atoms with Crippen LogP contribution in [0.2, 0.25) is 0 Å². The van der Waals surface area contributed by atoms with Crippen LogP contribution in [0.3, 0.4) is 0 Å². The van der Waals surface area contributed by atoms with Gasteiger partial charge in [-0.05, 0) is 30.9 Å². The summed E-state index contributed by atoms with van der Waals surface area (Å²) < 4.78 is 0. The molecule has 2 rings (SSSR count). The van der Waals surface area contributed by atoms with Crippen LogP contribution in [0.4, 0.5) is 0 Å². The van der Waals surface area contributed by atoms with Crippen LogP contribution in [-0.2, 0) is 4.79 Å². The van der Waals surface area contributed by atoms with E-state index in [9.17, 15) is 14.7 Å². The lowest BCUT2D eigenvalue weighted by Crippen LogP contribution is -2.62. The third-order valence-corrected chi connectivity index (χ3v) is 4.66. The van der Waals surface area contributed by atoms with E-state index in [4.69, 9.17) is 0 Å². The largest absolute Gasteiger partial charge is 0.394 e. The van der Waals surface area contributed by atoms with E-state index in [0.29, 0.717) is 18.5 Å². The zero-order chi connectivity index (χ0) is 16.9. The maximum absolute atomic E-state index is 12.9. The molecule has 0 saturated heterocycles. The Morgan fingerprint density at radius 2 is 2.00 bits per heavy atom. The first-order valence-corrected chi connectivity index (χ1v) is 8.36. The fourth-order valence-corrected chi connectivity index (χ4v) is 3.05. The normalized spacial score (nSPS) is 18.4. The van der Waals surface area contributed by atoms with Gasteiger partial charge in [-0.1, -0.05) is 33.1 Å². The van der Waals surface area contributed by atoms with Gasteiger partial charge >= 0.3 is 0 Å². The highest BCUT2D eigenvalue weighted by atomic mass is 16.3. The number of rotatable bonds is 6. The molecule has 1 fully saturated rings. The fourth-order valence-electron chi connectivity index (χ4n) is 3.05. The summed E-state index contributed by atoms with van der Waals surface area (Å²) in [6, 6.07) is 3.14. The van der Waals surface area contributed by atoms with Crippen molar-refractivity contribution in [1.82, 2.24) is 15.6 Å². The number of aliphatic hydroxyl groups excluding tert-OH is 1. The molecule has 128 valence electrons. The molecule has 1 aromatic rings. The monoisotopic (exact) mass is 321 g/mol. The second-order valence-corrected chi connectivity index (χ2v) is 6.69. The Kier molecular flexibility index (Phi) is 5.82. The number of carbonyl (C=O) groups is 2. The third kappa shape index (κ3) is 4.13. The second kappa shape index (κ2) is 7.64. The van der Waals surface area contributed by atoms with E-state index < -0.39 is 5.54 Å². The fraction of sp³-hybridized carbons (Fsp3) is 0.647. The van der Waals surface area contributed by atoms with E-state index >= 15 is 0 Å². The van der Waals surface area contributed by atoms with Gasteiger partial charge in [-0.25, -0.2) is 0 Å². The first-order chi connectivity index (χ1) is 11.0. The van der Waals surface area contributed by atoms with Gasteiger partial charge in [0.15, 0.2) is 0 Å². The molecule has 0 spiro atoms. The Hall–Kier alpha value is -1.82. The molecular formula is C17H27N3O3. The molecule has 23 heavy (non-hydrogen) atoms. The second-order valence-electron chi connectivity index (χ2n) is 6.69.